The molecule has 0 amide bonds. The molecule has 4 unspecified atom stereocenters. The van der Waals surface area contributed by atoms with E-state index in [2.05, 4.69) is 91.2 Å². The molecule has 0 aromatic carbocycles. The Bertz CT molecular complexity index is 979. The van der Waals surface area contributed by atoms with Crippen LogP contribution in [-0.4, -0.2) is 92.2 Å². The van der Waals surface area contributed by atoms with Crippen molar-refractivity contribution >= 4 is 0 Å². The maximum absolute atomic E-state index is 5.18. The van der Waals surface area contributed by atoms with Gasteiger partial charge in [0, 0.05) is 52.7 Å². The standard InChI is InChI=1S/C6H12O.C6H10O.C6H12O.2C6H10O.C5H11N.C5H9N.C5H10O.C5H10/c2*1-6-2-4-7-5-3-6;3*1-6-3-2-4-7-5-6;3*1-5-2-3-6-4-5;1-5-3-2-4-5/h6H,2-5H2,1H3;2,4,6H,3,5H2,1H3;6H,2-5H2,1H3;5H,2-4H2,1H3;3H,2,4-5H2,1H3;5-6H,2-4H2,1H3;2,6H,3-4H2,1H3;5H,2-4H2,1H3;5H,2-4H2,1H3. The zero-order valence-electron chi connectivity index (χ0n) is 39.4. The fraction of sp³-hybridized carbons (Fsp3) is 0.840. The summed E-state index contributed by atoms with van der Waals surface area (Å²) in [4.78, 5) is 0. The molecule has 1 aliphatic carbocycles. The summed E-state index contributed by atoms with van der Waals surface area (Å²) >= 11 is 0. The van der Waals surface area contributed by atoms with Crippen LogP contribution in [0.4, 0.5) is 0 Å². The molecular weight excluding hydrogens is 725 g/mol. The van der Waals surface area contributed by atoms with E-state index >= 15 is 0 Å². The Kier molecular flexibility index (Phi) is 35.8. The van der Waals surface area contributed by atoms with E-state index in [1.165, 1.54) is 107 Å². The van der Waals surface area contributed by atoms with Gasteiger partial charge in [-0.25, -0.2) is 0 Å². The fourth-order valence-electron chi connectivity index (χ4n) is 6.35. The molecule has 8 heterocycles. The monoisotopic (exact) mass is 819 g/mol. The fourth-order valence-corrected chi connectivity index (χ4v) is 6.35. The van der Waals surface area contributed by atoms with E-state index in [9.17, 15) is 0 Å². The molecule has 2 N–H and O–H groups in total. The van der Waals surface area contributed by atoms with Gasteiger partial charge < -0.3 is 39.1 Å². The van der Waals surface area contributed by atoms with Gasteiger partial charge in [-0.2, -0.15) is 0 Å². The van der Waals surface area contributed by atoms with E-state index in [4.69, 9.17) is 28.4 Å². The van der Waals surface area contributed by atoms with E-state index in [0.29, 0.717) is 0 Å². The Hall–Kier alpha value is -1.68. The summed E-state index contributed by atoms with van der Waals surface area (Å²) in [5.74, 6) is 5.28. The number of allylic oxidation sites excluding steroid dienone is 2. The molecule has 58 heavy (non-hydrogen) atoms. The molecular formula is C50H94N2O6. The van der Waals surface area contributed by atoms with Gasteiger partial charge >= 0.3 is 0 Å². The van der Waals surface area contributed by atoms with Crippen LogP contribution in [0.5, 0.6) is 0 Å². The molecule has 8 aliphatic heterocycles. The van der Waals surface area contributed by atoms with Crippen LogP contribution in [0.3, 0.4) is 0 Å². The molecule has 0 spiro atoms. The maximum atomic E-state index is 5.18. The van der Waals surface area contributed by atoms with Gasteiger partial charge in [0.15, 0.2) is 0 Å². The van der Waals surface area contributed by atoms with Crippen LogP contribution in [0.15, 0.2) is 47.5 Å². The van der Waals surface area contributed by atoms with Crippen molar-refractivity contribution in [2.45, 2.75) is 146 Å². The first-order chi connectivity index (χ1) is 28.0. The highest BCUT2D eigenvalue weighted by Crippen LogP contribution is 2.24. The van der Waals surface area contributed by atoms with Gasteiger partial charge in [0.1, 0.15) is 0 Å². The Balaban J connectivity index is 0.000000327. The lowest BCUT2D eigenvalue weighted by Crippen LogP contribution is -2.13. The van der Waals surface area contributed by atoms with Gasteiger partial charge in [-0.05, 0) is 145 Å². The lowest BCUT2D eigenvalue weighted by molar-refractivity contribution is 0.0616. The summed E-state index contributed by atoms with van der Waals surface area (Å²) in [6.07, 6.45) is 27.1. The highest BCUT2D eigenvalue weighted by Gasteiger charge is 2.10. The van der Waals surface area contributed by atoms with E-state index in [-0.39, 0.29) is 0 Å². The van der Waals surface area contributed by atoms with Crippen LogP contribution in [-0.2, 0) is 28.4 Å². The van der Waals surface area contributed by atoms with Crippen molar-refractivity contribution < 1.29 is 28.4 Å². The quantitative estimate of drug-likeness (QED) is 0.234. The van der Waals surface area contributed by atoms with Crippen molar-refractivity contribution in [2.75, 3.05) is 92.2 Å². The van der Waals surface area contributed by atoms with Crippen LogP contribution in [0, 0.1) is 35.5 Å². The Morgan fingerprint density at radius 2 is 1.19 bits per heavy atom. The molecule has 9 rings (SSSR count). The Labute approximate surface area is 359 Å². The van der Waals surface area contributed by atoms with Crippen molar-refractivity contribution in [3.8, 4) is 0 Å². The minimum atomic E-state index is 0.730. The van der Waals surface area contributed by atoms with Crippen molar-refractivity contribution in [2.24, 2.45) is 35.5 Å². The summed E-state index contributed by atoms with van der Waals surface area (Å²) in [6, 6.07) is 0. The van der Waals surface area contributed by atoms with Crippen LogP contribution in [0.1, 0.15) is 146 Å². The van der Waals surface area contributed by atoms with Gasteiger partial charge in [-0.1, -0.05) is 84.1 Å². The summed E-state index contributed by atoms with van der Waals surface area (Å²) < 4.78 is 30.5. The molecule has 9 aliphatic rings. The maximum Gasteiger partial charge on any atom is 0.0878 e. The third kappa shape index (κ3) is 36.2. The molecule has 0 aromatic rings. The van der Waals surface area contributed by atoms with Crippen molar-refractivity contribution in [1.82, 2.24) is 10.6 Å². The zero-order chi connectivity index (χ0) is 42.5. The summed E-state index contributed by atoms with van der Waals surface area (Å²) in [5, 5.41) is 6.45. The molecule has 0 bridgehead atoms. The van der Waals surface area contributed by atoms with Crippen LogP contribution in [0.25, 0.3) is 0 Å². The molecule has 8 nitrogen and oxygen atoms in total. The molecule has 8 heteroatoms. The molecule has 0 radical (unpaired) electrons. The third-order valence-electron chi connectivity index (χ3n) is 11.2. The van der Waals surface area contributed by atoms with E-state index in [0.717, 1.165) is 121 Å². The predicted octanol–water partition coefficient (Wildman–Crippen LogP) is 11.5. The largest absolute Gasteiger partial charge is 0.502 e. The predicted molar refractivity (Wildman–Crippen MR) is 246 cm³/mol. The molecule has 4 saturated heterocycles. The van der Waals surface area contributed by atoms with Gasteiger partial charge in [0.2, 0.25) is 0 Å². The van der Waals surface area contributed by atoms with Crippen molar-refractivity contribution in [3.05, 3.63) is 47.5 Å². The number of nitrogens with one attached hydrogen (secondary N) is 2. The average molecular weight is 819 g/mol. The third-order valence-corrected chi connectivity index (χ3v) is 11.2. The number of hydrogen-bond acceptors (Lipinski definition) is 8. The second-order valence-electron chi connectivity index (χ2n) is 18.2. The van der Waals surface area contributed by atoms with Crippen molar-refractivity contribution in [1.29, 1.82) is 0 Å². The first-order valence-corrected chi connectivity index (χ1v) is 23.6. The number of hydrogen-bond donors (Lipinski definition) is 2. The van der Waals surface area contributed by atoms with Crippen LogP contribution >= 0.6 is 0 Å². The number of ether oxygens (including phenoxy) is 6. The van der Waals surface area contributed by atoms with Crippen LogP contribution in [0.2, 0.25) is 0 Å². The average Bonchev–Trinajstić information content (AvgIpc) is 4.03. The first-order valence-electron chi connectivity index (χ1n) is 23.6. The lowest BCUT2D eigenvalue weighted by Gasteiger charge is -2.18. The molecule has 340 valence electrons. The Morgan fingerprint density at radius 3 is 1.41 bits per heavy atom. The SMILES string of the molecule is CC1=CCCOC1.CC1=CCNC1.CC1=COCCC1.CC1C=COCC1.CC1CCC1.CC1CCCOC1.CC1CCNC1.CC1CCOC1.CC1CCOCC1. The smallest absolute Gasteiger partial charge is 0.0878 e. The minimum Gasteiger partial charge on any atom is -0.502 e. The second kappa shape index (κ2) is 38.3. The molecule has 5 fully saturated rings. The van der Waals surface area contributed by atoms with E-state index in [1.54, 1.807) is 6.26 Å². The normalized spacial score (nSPS) is 27.2. The van der Waals surface area contributed by atoms with Gasteiger partial charge in [0.05, 0.1) is 39.0 Å². The summed E-state index contributed by atoms with van der Waals surface area (Å²) in [5.41, 5.74) is 4.20. The summed E-state index contributed by atoms with van der Waals surface area (Å²) in [7, 11) is 0. The minimum absolute atomic E-state index is 0.730. The van der Waals surface area contributed by atoms with Crippen LogP contribution < -0.4 is 10.6 Å². The van der Waals surface area contributed by atoms with E-state index in [1.807, 2.05) is 6.26 Å². The molecule has 0 aromatic heterocycles. The summed E-state index contributed by atoms with van der Waals surface area (Å²) in [6.45, 7) is 34.0. The van der Waals surface area contributed by atoms with Gasteiger partial charge in [0.25, 0.3) is 0 Å². The molecule has 1 saturated carbocycles. The van der Waals surface area contributed by atoms with E-state index < -0.39 is 0 Å². The lowest BCUT2D eigenvalue weighted by atomic mass is 9.88. The highest BCUT2D eigenvalue weighted by molar-refractivity contribution is 5.06. The zero-order valence-corrected chi connectivity index (χ0v) is 39.4. The van der Waals surface area contributed by atoms with Crippen molar-refractivity contribution in [3.63, 3.8) is 0 Å². The Morgan fingerprint density at radius 1 is 0.517 bits per heavy atom. The highest BCUT2D eigenvalue weighted by atomic mass is 16.5. The van der Waals surface area contributed by atoms with Gasteiger partial charge in [-0.3, -0.25) is 0 Å². The number of rotatable bonds is 0. The van der Waals surface area contributed by atoms with Gasteiger partial charge in [-0.15, -0.1) is 0 Å². The first kappa shape index (κ1) is 54.3. The second-order valence-corrected chi connectivity index (χ2v) is 18.2. The molecule has 4 atom stereocenters. The topological polar surface area (TPSA) is 79.4 Å².